The van der Waals surface area contributed by atoms with Crippen LogP contribution in [0.15, 0.2) is 48.5 Å². The van der Waals surface area contributed by atoms with Crippen molar-refractivity contribution >= 4 is 23.5 Å². The molecule has 4 amide bonds. The lowest BCUT2D eigenvalue weighted by atomic mass is 9.92. The molecule has 2 aromatic carbocycles. The van der Waals surface area contributed by atoms with Gasteiger partial charge in [0.05, 0.1) is 7.11 Å². The van der Waals surface area contributed by atoms with Gasteiger partial charge >= 0.3 is 6.03 Å². The number of aryl methyl sites for hydroxylation is 1. The smallest absolute Gasteiger partial charge is 0.325 e. The molecule has 1 heterocycles. The summed E-state index contributed by atoms with van der Waals surface area (Å²) < 4.78 is 5.12. The van der Waals surface area contributed by atoms with Crippen LogP contribution >= 0.6 is 0 Å². The van der Waals surface area contributed by atoms with E-state index in [0.29, 0.717) is 17.0 Å². The highest BCUT2D eigenvalue weighted by atomic mass is 16.5. The summed E-state index contributed by atoms with van der Waals surface area (Å²) in [6.45, 7) is 3.17. The van der Waals surface area contributed by atoms with Crippen LogP contribution < -0.4 is 15.4 Å². The number of hydrogen-bond acceptors (Lipinski definition) is 4. The molecule has 0 saturated carbocycles. The van der Waals surface area contributed by atoms with E-state index >= 15 is 0 Å². The number of ether oxygens (including phenoxy) is 1. The van der Waals surface area contributed by atoms with E-state index in [1.165, 1.54) is 0 Å². The minimum atomic E-state index is -1.23. The van der Waals surface area contributed by atoms with Gasteiger partial charge in [-0.15, -0.1) is 0 Å². The Morgan fingerprint density at radius 1 is 1.19 bits per heavy atom. The Labute approximate surface area is 157 Å². The number of anilines is 1. The average Bonchev–Trinajstić information content (AvgIpc) is 2.86. The number of carbonyl (C=O) groups is 3. The van der Waals surface area contributed by atoms with Crippen LogP contribution in [0.1, 0.15) is 18.1 Å². The molecule has 3 rings (SSSR count). The maximum Gasteiger partial charge on any atom is 0.325 e. The molecule has 1 atom stereocenters. The number of methoxy groups -OCH3 is 1. The normalized spacial score (nSPS) is 19.0. The summed E-state index contributed by atoms with van der Waals surface area (Å²) in [4.78, 5) is 38.4. The van der Waals surface area contributed by atoms with E-state index in [-0.39, 0.29) is 6.54 Å². The van der Waals surface area contributed by atoms with Gasteiger partial charge in [-0.2, -0.15) is 0 Å². The maximum atomic E-state index is 12.9. The fraction of sp³-hybridized carbons (Fsp3) is 0.250. The van der Waals surface area contributed by atoms with Crippen molar-refractivity contribution in [1.29, 1.82) is 0 Å². The van der Waals surface area contributed by atoms with Crippen LogP contribution in [-0.2, 0) is 15.1 Å². The van der Waals surface area contributed by atoms with Crippen LogP contribution in [0.5, 0.6) is 5.75 Å². The van der Waals surface area contributed by atoms with Crippen molar-refractivity contribution in [3.8, 4) is 5.75 Å². The highest BCUT2D eigenvalue weighted by Crippen LogP contribution is 2.30. The molecule has 2 N–H and O–H groups in total. The summed E-state index contributed by atoms with van der Waals surface area (Å²) in [7, 11) is 1.55. The Kier molecular flexibility index (Phi) is 4.85. The van der Waals surface area contributed by atoms with Crippen LogP contribution in [0.25, 0.3) is 0 Å². The first-order valence-corrected chi connectivity index (χ1v) is 8.48. The molecule has 1 saturated heterocycles. The first-order chi connectivity index (χ1) is 12.8. The molecule has 0 radical (unpaired) electrons. The highest BCUT2D eigenvalue weighted by Gasteiger charge is 2.49. The van der Waals surface area contributed by atoms with Crippen molar-refractivity contribution < 1.29 is 19.1 Å². The molecule has 27 heavy (non-hydrogen) atoms. The molecule has 7 heteroatoms. The van der Waals surface area contributed by atoms with Crippen LogP contribution in [0.2, 0.25) is 0 Å². The summed E-state index contributed by atoms with van der Waals surface area (Å²) in [5.41, 5.74) is 0.996. The van der Waals surface area contributed by atoms with Crippen LogP contribution in [0.3, 0.4) is 0 Å². The van der Waals surface area contributed by atoms with Gasteiger partial charge in [-0.1, -0.05) is 24.3 Å². The monoisotopic (exact) mass is 367 g/mol. The lowest BCUT2D eigenvalue weighted by molar-refractivity contribution is -0.133. The molecule has 1 fully saturated rings. The second-order valence-corrected chi connectivity index (χ2v) is 6.59. The second-order valence-electron chi connectivity index (χ2n) is 6.59. The fourth-order valence-corrected chi connectivity index (χ4v) is 3.03. The zero-order valence-corrected chi connectivity index (χ0v) is 15.4. The second kappa shape index (κ2) is 7.11. The first-order valence-electron chi connectivity index (χ1n) is 8.48. The molecule has 0 aromatic heterocycles. The summed E-state index contributed by atoms with van der Waals surface area (Å²) in [5.74, 6) is -0.270. The number of amides is 4. The highest BCUT2D eigenvalue weighted by molar-refractivity contribution is 6.10. The largest absolute Gasteiger partial charge is 0.497 e. The van der Waals surface area contributed by atoms with Crippen LogP contribution in [-0.4, -0.2) is 36.4 Å². The van der Waals surface area contributed by atoms with E-state index in [4.69, 9.17) is 4.74 Å². The Balaban J connectivity index is 1.74. The zero-order valence-electron chi connectivity index (χ0n) is 15.4. The number of imide groups is 1. The number of rotatable bonds is 5. The van der Waals surface area contributed by atoms with Gasteiger partial charge in [0.25, 0.3) is 5.91 Å². The molecule has 0 aliphatic carbocycles. The Hall–Kier alpha value is -3.35. The van der Waals surface area contributed by atoms with E-state index < -0.39 is 23.4 Å². The van der Waals surface area contributed by atoms with Gasteiger partial charge in [0, 0.05) is 5.69 Å². The Morgan fingerprint density at radius 3 is 2.52 bits per heavy atom. The molecular formula is C20H21N3O4. The molecule has 0 spiro atoms. The zero-order chi connectivity index (χ0) is 19.6. The summed E-state index contributed by atoms with van der Waals surface area (Å²) in [6, 6.07) is 13.6. The summed E-state index contributed by atoms with van der Waals surface area (Å²) in [6.07, 6.45) is 0. The summed E-state index contributed by atoms with van der Waals surface area (Å²) in [5, 5.41) is 5.38. The first kappa shape index (κ1) is 18.4. The molecule has 1 aliphatic rings. The average molecular weight is 367 g/mol. The number of benzene rings is 2. The van der Waals surface area contributed by atoms with Gasteiger partial charge in [-0.3, -0.25) is 14.5 Å². The van der Waals surface area contributed by atoms with E-state index in [9.17, 15) is 14.4 Å². The molecule has 0 bridgehead atoms. The lowest BCUT2D eigenvalue weighted by Gasteiger charge is -2.22. The van der Waals surface area contributed by atoms with E-state index in [1.807, 2.05) is 25.1 Å². The Bertz CT molecular complexity index is 894. The predicted molar refractivity (Wildman–Crippen MR) is 100 cm³/mol. The van der Waals surface area contributed by atoms with Gasteiger partial charge in [0.2, 0.25) is 5.91 Å². The van der Waals surface area contributed by atoms with Gasteiger partial charge in [-0.05, 0) is 49.2 Å². The van der Waals surface area contributed by atoms with Crippen LogP contribution in [0, 0.1) is 6.92 Å². The van der Waals surface area contributed by atoms with Crippen molar-refractivity contribution in [2.45, 2.75) is 19.4 Å². The third-order valence-corrected chi connectivity index (χ3v) is 4.55. The molecule has 140 valence electrons. The number of carbonyl (C=O) groups excluding carboxylic acids is 3. The van der Waals surface area contributed by atoms with E-state index in [0.717, 1.165) is 10.5 Å². The maximum absolute atomic E-state index is 12.9. The van der Waals surface area contributed by atoms with Crippen molar-refractivity contribution in [2.75, 3.05) is 19.0 Å². The van der Waals surface area contributed by atoms with Gasteiger partial charge in [0.1, 0.15) is 17.8 Å². The third-order valence-electron chi connectivity index (χ3n) is 4.55. The Morgan fingerprint density at radius 2 is 1.89 bits per heavy atom. The van der Waals surface area contributed by atoms with Gasteiger partial charge in [0.15, 0.2) is 0 Å². The van der Waals surface area contributed by atoms with Crippen molar-refractivity contribution in [1.82, 2.24) is 10.2 Å². The number of hydrogen-bond donors (Lipinski definition) is 2. The quantitative estimate of drug-likeness (QED) is 0.795. The minimum absolute atomic E-state index is 0.357. The van der Waals surface area contributed by atoms with Crippen LogP contribution in [0.4, 0.5) is 10.5 Å². The SMILES string of the molecule is COc1ccc(C2(C)NC(=O)N(CC(=O)Nc3cccc(C)c3)C2=O)cc1. The number of nitrogens with one attached hydrogen (secondary N) is 2. The number of nitrogens with zero attached hydrogens (tertiary/aromatic N) is 1. The topological polar surface area (TPSA) is 87.7 Å². The standard InChI is InChI=1S/C20H21N3O4/c1-13-5-4-6-15(11-13)21-17(24)12-23-18(25)20(2,22-19(23)26)14-7-9-16(27-3)10-8-14/h4-11H,12H2,1-3H3,(H,21,24)(H,22,26). The molecule has 1 unspecified atom stereocenters. The molecule has 7 nitrogen and oxygen atoms in total. The number of urea groups is 1. The van der Waals surface area contributed by atoms with Crippen molar-refractivity contribution in [3.05, 3.63) is 59.7 Å². The van der Waals surface area contributed by atoms with Gasteiger partial charge in [-0.25, -0.2) is 4.79 Å². The van der Waals surface area contributed by atoms with Crippen molar-refractivity contribution in [3.63, 3.8) is 0 Å². The van der Waals surface area contributed by atoms with E-state index in [2.05, 4.69) is 10.6 Å². The molecule has 2 aromatic rings. The van der Waals surface area contributed by atoms with Crippen molar-refractivity contribution in [2.24, 2.45) is 0 Å². The third kappa shape index (κ3) is 3.62. The lowest BCUT2D eigenvalue weighted by Crippen LogP contribution is -2.42. The molecular weight excluding hydrogens is 346 g/mol. The van der Waals surface area contributed by atoms with Gasteiger partial charge < -0.3 is 15.4 Å². The predicted octanol–water partition coefficient (Wildman–Crippen LogP) is 2.41. The summed E-state index contributed by atoms with van der Waals surface area (Å²) >= 11 is 0. The minimum Gasteiger partial charge on any atom is -0.497 e. The fourth-order valence-electron chi connectivity index (χ4n) is 3.03. The molecule has 1 aliphatic heterocycles. The van der Waals surface area contributed by atoms with E-state index in [1.54, 1.807) is 44.4 Å².